The van der Waals surface area contributed by atoms with E-state index in [0.29, 0.717) is 0 Å². The van der Waals surface area contributed by atoms with Gasteiger partial charge in [0, 0.05) is 0 Å². The van der Waals surface area contributed by atoms with Crippen LogP contribution in [0.4, 0.5) is 0 Å². The summed E-state index contributed by atoms with van der Waals surface area (Å²) in [4.78, 5) is 0. The maximum absolute atomic E-state index is 2.36. The molecule has 22 heavy (non-hydrogen) atoms. The number of rotatable bonds is 4. The van der Waals surface area contributed by atoms with Gasteiger partial charge in [0.05, 0.1) is 0 Å². The Hall–Kier alpha value is 0. The van der Waals surface area contributed by atoms with Gasteiger partial charge in [0.15, 0.2) is 0 Å². The summed E-state index contributed by atoms with van der Waals surface area (Å²) >= 11 is 0. The van der Waals surface area contributed by atoms with Gasteiger partial charge in [-0.2, -0.15) is 0 Å². The fraction of sp³-hybridized carbons (Fsp3) is 1.00. The Kier molecular flexibility index (Phi) is 39.6. The van der Waals surface area contributed by atoms with Crippen molar-refractivity contribution in [1.82, 2.24) is 0 Å². The first kappa shape index (κ1) is 29.9. The molecule has 1 aliphatic carbocycles. The van der Waals surface area contributed by atoms with Crippen molar-refractivity contribution >= 4 is 0 Å². The molecule has 0 aromatic heterocycles. The molecule has 0 spiro atoms. The van der Waals surface area contributed by atoms with Crippen LogP contribution in [0.25, 0.3) is 0 Å². The van der Waals surface area contributed by atoms with Gasteiger partial charge in [-0.3, -0.25) is 0 Å². The topological polar surface area (TPSA) is 0 Å². The van der Waals surface area contributed by atoms with Gasteiger partial charge in [-0.25, -0.2) is 0 Å². The van der Waals surface area contributed by atoms with Crippen molar-refractivity contribution in [3.8, 4) is 0 Å². The van der Waals surface area contributed by atoms with Gasteiger partial charge in [-0.1, -0.05) is 128 Å². The van der Waals surface area contributed by atoms with Crippen LogP contribution in [0.15, 0.2) is 0 Å². The molecular formula is C22H52. The van der Waals surface area contributed by atoms with Gasteiger partial charge < -0.3 is 0 Å². The molecule has 1 rings (SSSR count). The Labute approximate surface area is 145 Å². The Balaban J connectivity index is -0.000000105. The van der Waals surface area contributed by atoms with Gasteiger partial charge in [-0.05, 0) is 17.8 Å². The molecule has 0 heteroatoms. The Morgan fingerprint density at radius 2 is 1.09 bits per heavy atom. The van der Waals surface area contributed by atoms with Crippen molar-refractivity contribution in [3.05, 3.63) is 0 Å². The van der Waals surface area contributed by atoms with Crippen LogP contribution in [0.5, 0.6) is 0 Å². The number of hydrogen-bond acceptors (Lipinski definition) is 0. The van der Waals surface area contributed by atoms with Gasteiger partial charge in [-0.15, -0.1) is 0 Å². The van der Waals surface area contributed by atoms with E-state index in [9.17, 15) is 0 Å². The minimum Gasteiger partial charge on any atom is -0.0683 e. The highest BCUT2D eigenvalue weighted by atomic mass is 14.2. The summed E-state index contributed by atoms with van der Waals surface area (Å²) in [6.07, 6.45) is 11.0. The molecule has 1 fully saturated rings. The van der Waals surface area contributed by atoms with Crippen molar-refractivity contribution in [1.29, 1.82) is 0 Å². The summed E-state index contributed by atoms with van der Waals surface area (Å²) in [5, 5.41) is 0. The summed E-state index contributed by atoms with van der Waals surface area (Å²) in [5.41, 5.74) is 0. The Morgan fingerprint density at radius 1 is 0.773 bits per heavy atom. The molecule has 0 bridgehead atoms. The van der Waals surface area contributed by atoms with E-state index in [1.165, 1.54) is 51.4 Å². The lowest BCUT2D eigenvalue weighted by atomic mass is 9.88. The average molecular weight is 317 g/mol. The lowest BCUT2D eigenvalue weighted by molar-refractivity contribution is 0.346. The zero-order valence-electron chi connectivity index (χ0n) is 18.4. The second-order valence-electron chi connectivity index (χ2n) is 6.60. The molecule has 0 radical (unpaired) electrons. The summed E-state index contributed by atoms with van der Waals surface area (Å²) in [7, 11) is 0. The molecule has 2 atom stereocenters. The molecule has 0 nitrogen and oxygen atoms in total. The van der Waals surface area contributed by atoms with Crippen molar-refractivity contribution in [2.24, 2.45) is 17.8 Å². The van der Waals surface area contributed by atoms with Gasteiger partial charge in [0.25, 0.3) is 0 Å². The van der Waals surface area contributed by atoms with Crippen molar-refractivity contribution in [3.63, 3.8) is 0 Å². The Bertz CT molecular complexity index is 133. The summed E-state index contributed by atoms with van der Waals surface area (Å²) in [5.74, 6) is 2.92. The predicted octanol–water partition coefficient (Wildman–Crippen LogP) is 9.13. The highest BCUT2D eigenvalue weighted by molar-refractivity contribution is 4.62. The van der Waals surface area contributed by atoms with Gasteiger partial charge >= 0.3 is 0 Å². The van der Waals surface area contributed by atoms with E-state index in [1.54, 1.807) is 0 Å². The van der Waals surface area contributed by atoms with Crippen LogP contribution < -0.4 is 0 Å². The molecule has 1 saturated carbocycles. The lowest BCUT2D eigenvalue weighted by Crippen LogP contribution is -2.05. The molecule has 0 aromatic carbocycles. The Morgan fingerprint density at radius 3 is 1.23 bits per heavy atom. The number of hydrogen-bond donors (Lipinski definition) is 0. The molecule has 0 amide bonds. The minimum atomic E-state index is 0.921. The molecule has 0 heterocycles. The fourth-order valence-corrected chi connectivity index (χ4v) is 1.75. The van der Waals surface area contributed by atoms with Crippen LogP contribution in [-0.4, -0.2) is 0 Å². The highest BCUT2D eigenvalue weighted by Crippen LogP contribution is 2.24. The zero-order chi connectivity index (χ0) is 18.4. The van der Waals surface area contributed by atoms with Crippen molar-refractivity contribution in [2.75, 3.05) is 0 Å². The normalized spacial score (nSPS) is 14.9. The van der Waals surface area contributed by atoms with Crippen LogP contribution in [0.1, 0.15) is 128 Å². The summed E-state index contributed by atoms with van der Waals surface area (Å²) in [6.45, 7) is 24.1. The molecular weight excluding hydrogens is 264 g/mol. The third kappa shape index (κ3) is 32.1. The highest BCUT2D eigenvalue weighted by Gasteiger charge is 2.09. The largest absolute Gasteiger partial charge is 0.0683 e. The first-order chi connectivity index (χ1) is 10.4. The van der Waals surface area contributed by atoms with Crippen LogP contribution in [-0.2, 0) is 0 Å². The predicted molar refractivity (Wildman–Crippen MR) is 110 cm³/mol. The van der Waals surface area contributed by atoms with Gasteiger partial charge in [0.1, 0.15) is 0 Å². The molecule has 2 unspecified atom stereocenters. The average Bonchev–Trinajstić information content (AvgIpc) is 2.49. The third-order valence-electron chi connectivity index (χ3n) is 3.75. The van der Waals surface area contributed by atoms with Crippen LogP contribution in [0.3, 0.4) is 0 Å². The van der Waals surface area contributed by atoms with Gasteiger partial charge in [0.2, 0.25) is 0 Å². The SMILES string of the molecule is CC.CC1CCC1.CCC.CCC.CCCC(C)C(C)CC. The lowest BCUT2D eigenvalue weighted by Gasteiger charge is -2.18. The molecule has 0 saturated heterocycles. The first-order valence-electron chi connectivity index (χ1n) is 10.4. The maximum atomic E-state index is 2.36. The molecule has 0 N–H and O–H groups in total. The monoisotopic (exact) mass is 316 g/mol. The van der Waals surface area contributed by atoms with Crippen LogP contribution in [0, 0.1) is 17.8 Å². The van der Waals surface area contributed by atoms with E-state index in [1.807, 2.05) is 13.8 Å². The van der Waals surface area contributed by atoms with Crippen molar-refractivity contribution in [2.45, 2.75) is 128 Å². The third-order valence-corrected chi connectivity index (χ3v) is 3.75. The fourth-order valence-electron chi connectivity index (χ4n) is 1.75. The molecule has 1 aliphatic rings. The summed E-state index contributed by atoms with van der Waals surface area (Å²) in [6, 6.07) is 0. The first-order valence-corrected chi connectivity index (χ1v) is 10.4. The van der Waals surface area contributed by atoms with Crippen LogP contribution >= 0.6 is 0 Å². The summed E-state index contributed by atoms with van der Waals surface area (Å²) < 4.78 is 0. The molecule has 0 aliphatic heterocycles. The maximum Gasteiger partial charge on any atom is -0.0417 e. The van der Waals surface area contributed by atoms with E-state index in [2.05, 4.69) is 62.3 Å². The van der Waals surface area contributed by atoms with E-state index in [0.717, 1.165) is 17.8 Å². The molecule has 0 aromatic rings. The molecule has 140 valence electrons. The van der Waals surface area contributed by atoms with E-state index in [4.69, 9.17) is 0 Å². The minimum absolute atomic E-state index is 0.921. The second-order valence-corrected chi connectivity index (χ2v) is 6.60. The van der Waals surface area contributed by atoms with Crippen LogP contribution in [0.2, 0.25) is 0 Å². The smallest absolute Gasteiger partial charge is 0.0417 e. The zero-order valence-corrected chi connectivity index (χ0v) is 18.4. The standard InChI is InChI=1S/C9H20.C5H10.2C3H8.C2H6/c1-5-7-9(4)8(3)6-2;1-5-3-2-4-5;2*1-3-2;1-2/h8-9H,5-7H2,1-4H3;5H,2-4H2,1H3;2*3H2,1-2H3;1-2H3. The van der Waals surface area contributed by atoms with E-state index in [-0.39, 0.29) is 0 Å². The van der Waals surface area contributed by atoms with E-state index < -0.39 is 0 Å². The van der Waals surface area contributed by atoms with E-state index >= 15 is 0 Å². The quantitative estimate of drug-likeness (QED) is 0.485. The second kappa shape index (κ2) is 29.1. The van der Waals surface area contributed by atoms with Crippen molar-refractivity contribution < 1.29 is 0 Å².